The van der Waals surface area contributed by atoms with Gasteiger partial charge < -0.3 is 15.6 Å². The maximum absolute atomic E-state index is 11.5. The van der Waals surface area contributed by atoms with Crippen molar-refractivity contribution >= 4 is 38.5 Å². The Balaban J connectivity index is 2.13. The molecule has 0 unspecified atom stereocenters. The Labute approximate surface area is 163 Å². The van der Waals surface area contributed by atoms with Crippen molar-refractivity contribution in [3.8, 4) is 17.0 Å². The van der Waals surface area contributed by atoms with E-state index in [-0.39, 0.29) is 30.6 Å². The lowest BCUT2D eigenvalue weighted by molar-refractivity contribution is -0.385. The van der Waals surface area contributed by atoms with Crippen LogP contribution in [-0.2, 0) is 0 Å². The maximum Gasteiger partial charge on any atom is 0.311 e. The number of nitro groups is 1. The van der Waals surface area contributed by atoms with Crippen LogP contribution >= 0.6 is 15.9 Å². The normalized spacial score (nSPS) is 10.9. The molecule has 0 radical (unpaired) electrons. The van der Waals surface area contributed by atoms with Gasteiger partial charge >= 0.3 is 5.69 Å². The summed E-state index contributed by atoms with van der Waals surface area (Å²) in [6, 6.07) is 10.3. The largest absolute Gasteiger partial charge is 0.487 e. The highest BCUT2D eigenvalue weighted by Gasteiger charge is 2.20. The highest BCUT2D eigenvalue weighted by Crippen LogP contribution is 2.36. The summed E-state index contributed by atoms with van der Waals surface area (Å²) in [7, 11) is 0. The number of unbranched alkanes of at least 4 members (excludes halogenated alkanes) is 1. The molecule has 0 fully saturated rings. The summed E-state index contributed by atoms with van der Waals surface area (Å²) in [5.41, 5.74) is 7.41. The molecule has 140 valence electrons. The zero-order chi connectivity index (χ0) is 19.4. The molecule has 8 nitrogen and oxygen atoms in total. The van der Waals surface area contributed by atoms with E-state index in [9.17, 15) is 10.1 Å². The number of benzene rings is 2. The monoisotopic (exact) mass is 432 g/mol. The fourth-order valence-corrected chi connectivity index (χ4v) is 3.07. The van der Waals surface area contributed by atoms with Crippen molar-refractivity contribution in [2.45, 2.75) is 12.8 Å². The summed E-state index contributed by atoms with van der Waals surface area (Å²) in [6.45, 7) is 0.300. The number of fused-ring (bicyclic) bond motifs is 1. The van der Waals surface area contributed by atoms with Crippen molar-refractivity contribution in [1.82, 2.24) is 9.97 Å². The van der Waals surface area contributed by atoms with E-state index < -0.39 is 4.92 Å². The second-order valence-electron chi connectivity index (χ2n) is 5.81. The Morgan fingerprint density at radius 2 is 2.04 bits per heavy atom. The standard InChI is InChI=1S/C18H17BrN4O4/c19-12-5-3-4-11(8-12)17-13-9-15(23(25)26)16(27-7-2-1-6-24)10-14(13)21-18(20)22-17/h3-5,8-10,24H,1-2,6-7H2,(H2,20,21,22). The molecule has 27 heavy (non-hydrogen) atoms. The molecular formula is C18H17BrN4O4. The molecular weight excluding hydrogens is 416 g/mol. The minimum atomic E-state index is -0.498. The first-order valence-corrected chi connectivity index (χ1v) is 9.04. The SMILES string of the molecule is Nc1nc(-c2cccc(Br)c2)c2cc([N+](=O)[O-])c(OCCCCO)cc2n1. The van der Waals surface area contributed by atoms with Crippen LogP contribution in [0, 0.1) is 10.1 Å². The maximum atomic E-state index is 11.5. The van der Waals surface area contributed by atoms with Crippen molar-refractivity contribution in [3.63, 3.8) is 0 Å². The fraction of sp³-hybridized carbons (Fsp3) is 0.222. The fourth-order valence-electron chi connectivity index (χ4n) is 2.67. The van der Waals surface area contributed by atoms with Gasteiger partial charge in [-0.2, -0.15) is 0 Å². The lowest BCUT2D eigenvalue weighted by Gasteiger charge is -2.11. The van der Waals surface area contributed by atoms with Crippen LogP contribution in [0.5, 0.6) is 5.75 Å². The lowest BCUT2D eigenvalue weighted by atomic mass is 10.1. The first-order chi connectivity index (χ1) is 13.0. The molecule has 1 heterocycles. The van der Waals surface area contributed by atoms with Gasteiger partial charge in [-0.3, -0.25) is 10.1 Å². The van der Waals surface area contributed by atoms with Gasteiger partial charge in [0.2, 0.25) is 5.95 Å². The molecule has 2 aromatic carbocycles. The predicted molar refractivity (Wildman–Crippen MR) is 106 cm³/mol. The van der Waals surface area contributed by atoms with E-state index in [1.807, 2.05) is 24.3 Å². The summed E-state index contributed by atoms with van der Waals surface area (Å²) in [4.78, 5) is 19.5. The van der Waals surface area contributed by atoms with E-state index in [1.54, 1.807) is 0 Å². The number of aliphatic hydroxyl groups is 1. The molecule has 0 saturated heterocycles. The quantitative estimate of drug-likeness (QED) is 0.331. The van der Waals surface area contributed by atoms with Crippen LogP contribution in [0.1, 0.15) is 12.8 Å². The number of nitro benzene ring substituents is 1. The molecule has 1 aromatic heterocycles. The average molecular weight is 433 g/mol. The Kier molecular flexibility index (Phi) is 5.82. The van der Waals surface area contributed by atoms with Gasteiger partial charge in [0.25, 0.3) is 0 Å². The smallest absolute Gasteiger partial charge is 0.311 e. The van der Waals surface area contributed by atoms with Gasteiger partial charge in [0, 0.05) is 34.2 Å². The number of ether oxygens (including phenoxy) is 1. The van der Waals surface area contributed by atoms with E-state index in [4.69, 9.17) is 15.6 Å². The first kappa shape index (κ1) is 19.0. The predicted octanol–water partition coefficient (Wildman–Crippen LogP) is 3.70. The van der Waals surface area contributed by atoms with Crippen molar-refractivity contribution < 1.29 is 14.8 Å². The molecule has 0 spiro atoms. The number of halogens is 1. The summed E-state index contributed by atoms with van der Waals surface area (Å²) in [5.74, 6) is 0.182. The van der Waals surface area contributed by atoms with Gasteiger partial charge in [-0.05, 0) is 25.0 Å². The number of nitrogens with two attached hydrogens (primary N) is 1. The third kappa shape index (κ3) is 4.32. The van der Waals surface area contributed by atoms with Gasteiger partial charge in [0.05, 0.1) is 22.7 Å². The van der Waals surface area contributed by atoms with Crippen LogP contribution in [0.4, 0.5) is 11.6 Å². The van der Waals surface area contributed by atoms with Gasteiger partial charge in [-0.15, -0.1) is 0 Å². The number of rotatable bonds is 7. The third-order valence-corrected chi connectivity index (χ3v) is 4.39. The van der Waals surface area contributed by atoms with Crippen molar-refractivity contribution in [2.24, 2.45) is 0 Å². The minimum absolute atomic E-state index is 0.0446. The molecule has 0 aliphatic rings. The van der Waals surface area contributed by atoms with Crippen LogP contribution in [0.2, 0.25) is 0 Å². The second kappa shape index (κ2) is 8.28. The number of nitrogen functional groups attached to an aromatic ring is 1. The molecule has 0 bridgehead atoms. The molecule has 0 saturated carbocycles. The topological polar surface area (TPSA) is 124 Å². The summed E-state index contributed by atoms with van der Waals surface area (Å²) >= 11 is 3.41. The Morgan fingerprint density at radius 3 is 2.74 bits per heavy atom. The molecule has 9 heteroatoms. The minimum Gasteiger partial charge on any atom is -0.487 e. The van der Waals surface area contributed by atoms with E-state index in [0.717, 1.165) is 10.0 Å². The van der Waals surface area contributed by atoms with E-state index in [2.05, 4.69) is 25.9 Å². The number of hydrogen-bond donors (Lipinski definition) is 2. The first-order valence-electron chi connectivity index (χ1n) is 8.25. The summed E-state index contributed by atoms with van der Waals surface area (Å²) in [6.07, 6.45) is 1.14. The van der Waals surface area contributed by atoms with Crippen molar-refractivity contribution in [1.29, 1.82) is 0 Å². The molecule has 0 amide bonds. The van der Waals surface area contributed by atoms with Gasteiger partial charge in [0.1, 0.15) is 0 Å². The van der Waals surface area contributed by atoms with Crippen LogP contribution in [0.15, 0.2) is 40.9 Å². The average Bonchev–Trinajstić information content (AvgIpc) is 2.63. The third-order valence-electron chi connectivity index (χ3n) is 3.90. The van der Waals surface area contributed by atoms with Crippen LogP contribution in [0.3, 0.4) is 0 Å². The van der Waals surface area contributed by atoms with Crippen LogP contribution in [-0.4, -0.2) is 33.2 Å². The molecule has 3 aromatic rings. The molecule has 3 rings (SSSR count). The zero-order valence-corrected chi connectivity index (χ0v) is 15.8. The Bertz CT molecular complexity index is 997. The molecule has 0 aliphatic carbocycles. The Morgan fingerprint density at radius 1 is 1.22 bits per heavy atom. The number of aromatic nitrogens is 2. The lowest BCUT2D eigenvalue weighted by Crippen LogP contribution is -2.03. The highest BCUT2D eigenvalue weighted by molar-refractivity contribution is 9.10. The van der Waals surface area contributed by atoms with Crippen LogP contribution in [0.25, 0.3) is 22.2 Å². The summed E-state index contributed by atoms with van der Waals surface area (Å²) < 4.78 is 6.40. The molecule has 3 N–H and O–H groups in total. The van der Waals surface area contributed by atoms with E-state index in [1.165, 1.54) is 12.1 Å². The highest BCUT2D eigenvalue weighted by atomic mass is 79.9. The zero-order valence-electron chi connectivity index (χ0n) is 14.3. The van der Waals surface area contributed by atoms with Crippen LogP contribution < -0.4 is 10.5 Å². The van der Waals surface area contributed by atoms with Crippen molar-refractivity contribution in [2.75, 3.05) is 18.9 Å². The van der Waals surface area contributed by atoms with Gasteiger partial charge in [0.15, 0.2) is 5.75 Å². The Hall–Kier alpha value is -2.78. The van der Waals surface area contributed by atoms with Crippen molar-refractivity contribution in [3.05, 3.63) is 51.0 Å². The molecule has 0 atom stereocenters. The number of aliphatic hydroxyl groups excluding tert-OH is 1. The van der Waals surface area contributed by atoms with E-state index in [0.29, 0.717) is 29.4 Å². The second-order valence-corrected chi connectivity index (χ2v) is 6.73. The molecule has 0 aliphatic heterocycles. The van der Waals surface area contributed by atoms with Gasteiger partial charge in [-0.1, -0.05) is 28.1 Å². The number of hydrogen-bond acceptors (Lipinski definition) is 7. The summed E-state index contributed by atoms with van der Waals surface area (Å²) in [5, 5.41) is 20.9. The van der Waals surface area contributed by atoms with E-state index >= 15 is 0 Å². The number of nitrogens with zero attached hydrogens (tertiary/aromatic N) is 3. The van der Waals surface area contributed by atoms with Gasteiger partial charge in [-0.25, -0.2) is 9.97 Å². The number of anilines is 1.